The highest BCUT2D eigenvalue weighted by atomic mass is 32.1. The van der Waals surface area contributed by atoms with E-state index < -0.39 is 5.91 Å². The molecule has 1 fully saturated rings. The summed E-state index contributed by atoms with van der Waals surface area (Å²) in [6.45, 7) is 3.94. The van der Waals surface area contributed by atoms with E-state index in [1.807, 2.05) is 13.8 Å². The van der Waals surface area contributed by atoms with Crippen LogP contribution in [0.25, 0.3) is 0 Å². The smallest absolute Gasteiger partial charge is 0.269 e. The van der Waals surface area contributed by atoms with Crippen LogP contribution in [0.15, 0.2) is 24.3 Å². The SMILES string of the molecule is CC(C)CC(=O)Nc1ccc(C(=O)NNC(=S)NC(=O)C2CC2)cc1. The van der Waals surface area contributed by atoms with Gasteiger partial charge in [0.05, 0.1) is 0 Å². The molecule has 7 nitrogen and oxygen atoms in total. The maximum Gasteiger partial charge on any atom is 0.269 e. The Morgan fingerprint density at radius 3 is 2.32 bits per heavy atom. The molecule has 0 heterocycles. The summed E-state index contributed by atoms with van der Waals surface area (Å²) in [6.07, 6.45) is 2.19. The molecule has 0 saturated heterocycles. The summed E-state index contributed by atoms with van der Waals surface area (Å²) >= 11 is 4.94. The fourth-order valence-corrected chi connectivity index (χ4v) is 2.22. The third-order valence-corrected chi connectivity index (χ3v) is 3.70. The van der Waals surface area contributed by atoms with Crippen molar-refractivity contribution >= 4 is 40.7 Å². The van der Waals surface area contributed by atoms with Crippen LogP contribution in [0, 0.1) is 11.8 Å². The van der Waals surface area contributed by atoms with Gasteiger partial charge in [0.15, 0.2) is 5.11 Å². The Morgan fingerprint density at radius 1 is 1.12 bits per heavy atom. The summed E-state index contributed by atoms with van der Waals surface area (Å²) in [6, 6.07) is 6.49. The van der Waals surface area contributed by atoms with E-state index in [1.54, 1.807) is 24.3 Å². The lowest BCUT2D eigenvalue weighted by molar-refractivity contribution is -0.121. The maximum absolute atomic E-state index is 12.0. The minimum absolute atomic E-state index is 0.0360. The molecule has 1 aliphatic carbocycles. The van der Waals surface area contributed by atoms with Gasteiger partial charge >= 0.3 is 0 Å². The van der Waals surface area contributed by atoms with Crippen LogP contribution in [0.2, 0.25) is 0 Å². The number of thiocarbonyl (C=S) groups is 1. The van der Waals surface area contributed by atoms with E-state index in [0.717, 1.165) is 12.8 Å². The van der Waals surface area contributed by atoms with Crippen molar-refractivity contribution in [3.63, 3.8) is 0 Å². The first kappa shape index (κ1) is 18.9. The van der Waals surface area contributed by atoms with Crippen LogP contribution in [-0.4, -0.2) is 22.8 Å². The second kappa shape index (κ2) is 8.57. The van der Waals surface area contributed by atoms with Gasteiger partial charge in [-0.25, -0.2) is 0 Å². The fraction of sp³-hybridized carbons (Fsp3) is 0.412. The summed E-state index contributed by atoms with van der Waals surface area (Å²) < 4.78 is 0. The summed E-state index contributed by atoms with van der Waals surface area (Å²) in [5.41, 5.74) is 5.93. The minimum Gasteiger partial charge on any atom is -0.326 e. The van der Waals surface area contributed by atoms with Crippen molar-refractivity contribution in [1.29, 1.82) is 0 Å². The molecule has 1 aromatic carbocycles. The molecule has 0 unspecified atom stereocenters. The van der Waals surface area contributed by atoms with Gasteiger partial charge in [0.2, 0.25) is 11.8 Å². The first-order valence-corrected chi connectivity index (χ1v) is 8.57. The maximum atomic E-state index is 12.0. The number of carbonyl (C=O) groups excluding carboxylic acids is 3. The van der Waals surface area contributed by atoms with Gasteiger partial charge in [0, 0.05) is 23.6 Å². The molecule has 0 radical (unpaired) electrons. The van der Waals surface area contributed by atoms with E-state index in [0.29, 0.717) is 17.7 Å². The van der Waals surface area contributed by atoms with E-state index in [4.69, 9.17) is 12.2 Å². The zero-order valence-electron chi connectivity index (χ0n) is 14.2. The van der Waals surface area contributed by atoms with Gasteiger partial charge in [-0.05, 0) is 55.2 Å². The molecule has 4 N–H and O–H groups in total. The number of amides is 3. The van der Waals surface area contributed by atoms with Gasteiger partial charge in [-0.3, -0.25) is 25.2 Å². The Labute approximate surface area is 151 Å². The van der Waals surface area contributed by atoms with Crippen LogP contribution in [0.5, 0.6) is 0 Å². The van der Waals surface area contributed by atoms with Crippen molar-refractivity contribution < 1.29 is 14.4 Å². The number of hydrazine groups is 1. The molecule has 1 aliphatic rings. The Bertz CT molecular complexity index is 669. The van der Waals surface area contributed by atoms with Crippen molar-refractivity contribution in [2.24, 2.45) is 11.8 Å². The van der Waals surface area contributed by atoms with Gasteiger partial charge in [0.25, 0.3) is 5.91 Å². The van der Waals surface area contributed by atoms with Crippen LogP contribution < -0.4 is 21.5 Å². The number of benzene rings is 1. The zero-order chi connectivity index (χ0) is 18.4. The topological polar surface area (TPSA) is 99.3 Å². The average molecular weight is 362 g/mol. The molecule has 8 heteroatoms. The molecule has 3 amide bonds. The van der Waals surface area contributed by atoms with E-state index in [2.05, 4.69) is 21.5 Å². The Morgan fingerprint density at radius 2 is 1.76 bits per heavy atom. The lowest BCUT2D eigenvalue weighted by Gasteiger charge is -2.11. The van der Waals surface area contributed by atoms with Crippen LogP contribution >= 0.6 is 12.2 Å². The third kappa shape index (κ3) is 6.50. The molecule has 0 aromatic heterocycles. The predicted molar refractivity (Wildman–Crippen MR) is 98.6 cm³/mol. The van der Waals surface area contributed by atoms with E-state index >= 15 is 0 Å². The number of rotatable bonds is 5. The van der Waals surface area contributed by atoms with E-state index in [1.165, 1.54) is 0 Å². The normalized spacial score (nSPS) is 13.1. The molecule has 0 aliphatic heterocycles. The number of hydrogen-bond donors (Lipinski definition) is 4. The lowest BCUT2D eigenvalue weighted by Crippen LogP contribution is -2.48. The minimum atomic E-state index is -0.400. The first-order valence-electron chi connectivity index (χ1n) is 8.16. The highest BCUT2D eigenvalue weighted by Crippen LogP contribution is 2.28. The second-order valence-corrected chi connectivity index (χ2v) is 6.80. The van der Waals surface area contributed by atoms with Crippen LogP contribution in [0.4, 0.5) is 5.69 Å². The van der Waals surface area contributed by atoms with Crippen molar-refractivity contribution in [2.75, 3.05) is 5.32 Å². The fourth-order valence-electron chi connectivity index (χ4n) is 2.06. The second-order valence-electron chi connectivity index (χ2n) is 6.40. The highest BCUT2D eigenvalue weighted by molar-refractivity contribution is 7.80. The van der Waals surface area contributed by atoms with Crippen molar-refractivity contribution in [3.8, 4) is 0 Å². The van der Waals surface area contributed by atoms with Gasteiger partial charge in [-0.1, -0.05) is 13.8 Å². The van der Waals surface area contributed by atoms with Crippen LogP contribution in [-0.2, 0) is 9.59 Å². The number of hydrogen-bond acceptors (Lipinski definition) is 4. The van der Waals surface area contributed by atoms with Crippen LogP contribution in [0.1, 0.15) is 43.5 Å². The summed E-state index contributed by atoms with van der Waals surface area (Å²) in [5, 5.41) is 5.35. The monoisotopic (exact) mass is 362 g/mol. The lowest BCUT2D eigenvalue weighted by atomic mass is 10.1. The zero-order valence-corrected chi connectivity index (χ0v) is 15.0. The third-order valence-electron chi connectivity index (χ3n) is 3.50. The van der Waals surface area contributed by atoms with Gasteiger partial charge in [0.1, 0.15) is 0 Å². The average Bonchev–Trinajstić information content (AvgIpc) is 3.37. The number of anilines is 1. The number of carbonyl (C=O) groups is 3. The Kier molecular flexibility index (Phi) is 6.46. The van der Waals surface area contributed by atoms with E-state index in [9.17, 15) is 14.4 Å². The Hall–Kier alpha value is -2.48. The summed E-state index contributed by atoms with van der Waals surface area (Å²) in [4.78, 5) is 35.3. The summed E-state index contributed by atoms with van der Waals surface area (Å²) in [5.74, 6) is -0.281. The molecule has 1 aromatic rings. The van der Waals surface area contributed by atoms with Crippen molar-refractivity contribution in [2.45, 2.75) is 33.1 Å². The van der Waals surface area contributed by atoms with E-state index in [-0.39, 0.29) is 28.8 Å². The molecular formula is C17H22N4O3S. The molecule has 25 heavy (non-hydrogen) atoms. The van der Waals surface area contributed by atoms with Crippen molar-refractivity contribution in [3.05, 3.63) is 29.8 Å². The predicted octanol–water partition coefficient (Wildman–Crippen LogP) is 1.72. The summed E-state index contributed by atoms with van der Waals surface area (Å²) in [7, 11) is 0. The largest absolute Gasteiger partial charge is 0.326 e. The van der Waals surface area contributed by atoms with Gasteiger partial charge in [-0.15, -0.1) is 0 Å². The van der Waals surface area contributed by atoms with Gasteiger partial charge in [-0.2, -0.15) is 0 Å². The van der Waals surface area contributed by atoms with Crippen LogP contribution in [0.3, 0.4) is 0 Å². The molecule has 134 valence electrons. The standard InChI is InChI=1S/C17H22N4O3S/c1-10(2)9-14(22)18-13-7-5-12(6-8-13)16(24)20-21-17(25)19-15(23)11-3-4-11/h5-8,10-11H,3-4,9H2,1-2H3,(H,18,22)(H,20,24)(H2,19,21,23,25). The quantitative estimate of drug-likeness (QED) is 0.472. The number of nitrogens with one attached hydrogen (secondary N) is 4. The van der Waals surface area contributed by atoms with Crippen molar-refractivity contribution in [1.82, 2.24) is 16.2 Å². The molecule has 0 bridgehead atoms. The first-order chi connectivity index (χ1) is 11.8. The molecular weight excluding hydrogens is 340 g/mol. The molecule has 0 spiro atoms. The molecule has 1 saturated carbocycles. The molecule has 2 rings (SSSR count). The highest BCUT2D eigenvalue weighted by Gasteiger charge is 2.30. The Balaban J connectivity index is 1.78. The van der Waals surface area contributed by atoms with Gasteiger partial charge < -0.3 is 10.6 Å². The molecule has 0 atom stereocenters.